The summed E-state index contributed by atoms with van der Waals surface area (Å²) >= 11 is 0. The summed E-state index contributed by atoms with van der Waals surface area (Å²) in [6.07, 6.45) is 11.2. The highest BCUT2D eigenvalue weighted by Gasteiger charge is 2.60. The van der Waals surface area contributed by atoms with Crippen LogP contribution in [-0.2, 0) is 33.2 Å². The van der Waals surface area contributed by atoms with Gasteiger partial charge in [0.15, 0.2) is 6.29 Å². The molecule has 9 heteroatoms. The third kappa shape index (κ3) is 7.31. The highest BCUT2D eigenvalue weighted by atomic mass is 16.7. The van der Waals surface area contributed by atoms with Gasteiger partial charge in [-0.1, -0.05) is 51.0 Å². The maximum Gasteiger partial charge on any atom is 0.508 e. The van der Waals surface area contributed by atoms with Gasteiger partial charge in [0.25, 0.3) is 0 Å². The zero-order valence-electron chi connectivity index (χ0n) is 29.9. The first-order valence-electron chi connectivity index (χ1n) is 17.9. The summed E-state index contributed by atoms with van der Waals surface area (Å²) in [6.45, 7) is 14.1. The first-order chi connectivity index (χ1) is 22.2. The fraction of sp³-hybridized carbons (Fsp3) is 0.816. The van der Waals surface area contributed by atoms with Crippen LogP contribution in [0.4, 0.5) is 9.59 Å². The van der Waals surface area contributed by atoms with Crippen molar-refractivity contribution in [1.29, 1.82) is 0 Å². The van der Waals surface area contributed by atoms with Gasteiger partial charge in [-0.15, -0.1) is 0 Å². The molecule has 3 saturated carbocycles. The second-order valence-corrected chi connectivity index (χ2v) is 16.1. The van der Waals surface area contributed by atoms with E-state index in [9.17, 15) is 14.4 Å². The van der Waals surface area contributed by atoms with E-state index >= 15 is 0 Å². The van der Waals surface area contributed by atoms with Crippen LogP contribution in [0.1, 0.15) is 112 Å². The lowest BCUT2D eigenvalue weighted by molar-refractivity contribution is -0.216. The van der Waals surface area contributed by atoms with Crippen LogP contribution in [0.2, 0.25) is 0 Å². The van der Waals surface area contributed by atoms with Gasteiger partial charge in [0.1, 0.15) is 18.0 Å². The Morgan fingerprint density at radius 1 is 0.957 bits per heavy atom. The molecule has 264 valence electrons. The van der Waals surface area contributed by atoms with Gasteiger partial charge >= 0.3 is 12.3 Å². The van der Waals surface area contributed by atoms with E-state index in [1.807, 2.05) is 13.8 Å². The standard InChI is InChI=1S/C38H58O9/c1-23(19-26(39)22-36(3,4)47-33-11-9-10-18-44-33)24(2)29-14-15-30-28-13-12-25-20-27(45-34(40)42-7)21-32(46-35(41)43-8)38(25,6)31(28)16-17-37(29,30)5/h12-13,23-24,27,29-33H,9-11,14-22H2,1-8H3/t23-,24+,27+,29+,30-,31-,32-,33?,37+,38-/m0/s1. The summed E-state index contributed by atoms with van der Waals surface area (Å²) in [7, 11) is 2.62. The molecule has 1 unspecified atom stereocenters. The van der Waals surface area contributed by atoms with Crippen LogP contribution in [0.3, 0.4) is 0 Å². The number of rotatable bonds is 10. The molecule has 0 aromatic carbocycles. The predicted molar refractivity (Wildman–Crippen MR) is 176 cm³/mol. The van der Waals surface area contributed by atoms with E-state index in [1.54, 1.807) is 0 Å². The molecule has 0 bridgehead atoms. The smallest absolute Gasteiger partial charge is 0.438 e. The number of fused-ring (bicyclic) bond motifs is 5. The molecule has 1 aliphatic heterocycles. The fourth-order valence-corrected chi connectivity index (χ4v) is 10.2. The van der Waals surface area contributed by atoms with E-state index in [4.69, 9.17) is 28.4 Å². The van der Waals surface area contributed by atoms with Crippen LogP contribution in [0.25, 0.3) is 0 Å². The normalized spacial score (nSPS) is 36.3. The van der Waals surface area contributed by atoms with Gasteiger partial charge in [-0.2, -0.15) is 0 Å². The number of allylic oxidation sites excluding steroid dienone is 3. The zero-order valence-corrected chi connectivity index (χ0v) is 29.9. The molecule has 4 fully saturated rings. The summed E-state index contributed by atoms with van der Waals surface area (Å²) in [5.41, 5.74) is 1.77. The number of ether oxygens (including phenoxy) is 6. The summed E-state index contributed by atoms with van der Waals surface area (Å²) in [4.78, 5) is 37.8. The predicted octanol–water partition coefficient (Wildman–Crippen LogP) is 8.34. The van der Waals surface area contributed by atoms with E-state index in [0.717, 1.165) is 57.1 Å². The van der Waals surface area contributed by atoms with Gasteiger partial charge in [0.05, 0.1) is 19.8 Å². The third-order valence-electron chi connectivity index (χ3n) is 12.8. The summed E-state index contributed by atoms with van der Waals surface area (Å²) < 4.78 is 33.2. The Kier molecular flexibility index (Phi) is 10.9. The minimum absolute atomic E-state index is 0.130. The minimum Gasteiger partial charge on any atom is -0.438 e. The van der Waals surface area contributed by atoms with Gasteiger partial charge in [-0.3, -0.25) is 4.79 Å². The van der Waals surface area contributed by atoms with Crippen molar-refractivity contribution in [1.82, 2.24) is 0 Å². The van der Waals surface area contributed by atoms with E-state index in [0.29, 0.717) is 43.4 Å². The lowest BCUT2D eigenvalue weighted by atomic mass is 9.49. The molecule has 0 amide bonds. The summed E-state index contributed by atoms with van der Waals surface area (Å²) in [5, 5.41) is 0. The second kappa shape index (κ2) is 14.2. The molecule has 5 rings (SSSR count). The minimum atomic E-state index is -0.732. The Balaban J connectivity index is 1.28. The van der Waals surface area contributed by atoms with Crippen molar-refractivity contribution in [3.63, 3.8) is 0 Å². The summed E-state index contributed by atoms with van der Waals surface area (Å²) in [6, 6.07) is 0. The number of carbonyl (C=O) groups is 3. The quantitative estimate of drug-likeness (QED) is 0.214. The fourth-order valence-electron chi connectivity index (χ4n) is 10.2. The average molecular weight is 659 g/mol. The SMILES string of the molecule is COC(=O)O[C@@H]1CC2=CC=C3[C@@H]4CC[C@H]([C@H](C)[C@@H](C)CC(=O)CC(C)(C)OC5CCCCO5)[C@@]4(C)CC[C@@H]3[C@@]2(C)[C@@H](OC(=O)OC)C1. The van der Waals surface area contributed by atoms with Crippen LogP contribution in [-0.4, -0.2) is 63.0 Å². The summed E-state index contributed by atoms with van der Waals surface area (Å²) in [5.74, 6) is 2.10. The molecule has 47 heavy (non-hydrogen) atoms. The van der Waals surface area contributed by atoms with E-state index in [1.165, 1.54) is 19.8 Å². The van der Waals surface area contributed by atoms with Crippen molar-refractivity contribution in [2.75, 3.05) is 20.8 Å². The van der Waals surface area contributed by atoms with Crippen molar-refractivity contribution in [3.05, 3.63) is 23.3 Å². The molecule has 10 atom stereocenters. The lowest BCUT2D eigenvalue weighted by Crippen LogP contribution is -2.54. The van der Waals surface area contributed by atoms with Gasteiger partial charge in [-0.25, -0.2) is 9.59 Å². The van der Waals surface area contributed by atoms with Crippen LogP contribution < -0.4 is 0 Å². The van der Waals surface area contributed by atoms with Gasteiger partial charge < -0.3 is 28.4 Å². The van der Waals surface area contributed by atoms with Gasteiger partial charge in [0.2, 0.25) is 0 Å². The van der Waals surface area contributed by atoms with E-state index in [2.05, 4.69) is 39.8 Å². The second-order valence-electron chi connectivity index (χ2n) is 16.1. The third-order valence-corrected chi connectivity index (χ3v) is 12.8. The molecule has 1 heterocycles. The number of hydrogen-bond acceptors (Lipinski definition) is 9. The molecule has 4 aliphatic carbocycles. The zero-order chi connectivity index (χ0) is 34.1. The highest BCUT2D eigenvalue weighted by molar-refractivity contribution is 5.79. The van der Waals surface area contributed by atoms with Crippen LogP contribution >= 0.6 is 0 Å². The van der Waals surface area contributed by atoms with Crippen LogP contribution in [0.15, 0.2) is 23.3 Å². The Hall–Kier alpha value is -2.39. The van der Waals surface area contributed by atoms with Gasteiger partial charge in [-0.05, 0) is 93.8 Å². The molecule has 0 radical (unpaired) electrons. The van der Waals surface area contributed by atoms with Crippen LogP contribution in [0.5, 0.6) is 0 Å². The maximum absolute atomic E-state index is 13.4. The lowest BCUT2D eigenvalue weighted by Gasteiger charge is -2.57. The monoisotopic (exact) mass is 658 g/mol. The number of Topliss-reactive ketones (excluding diaryl/α,β-unsaturated/α-hetero) is 1. The molecule has 1 saturated heterocycles. The molecule has 0 aromatic heterocycles. The largest absolute Gasteiger partial charge is 0.508 e. The Bertz CT molecular complexity index is 1230. The number of carbonyl (C=O) groups excluding carboxylic acids is 3. The maximum atomic E-state index is 13.4. The van der Waals surface area contributed by atoms with E-state index < -0.39 is 35.5 Å². The molecular weight excluding hydrogens is 600 g/mol. The Labute approximate surface area is 281 Å². The molecule has 5 aliphatic rings. The molecule has 9 nitrogen and oxygen atoms in total. The number of ketones is 1. The van der Waals surface area contributed by atoms with Crippen molar-refractivity contribution in [2.45, 2.75) is 136 Å². The number of methoxy groups -OCH3 is 2. The highest BCUT2D eigenvalue weighted by Crippen LogP contribution is 2.66. The Morgan fingerprint density at radius 2 is 1.68 bits per heavy atom. The topological polar surface area (TPSA) is 107 Å². The average Bonchev–Trinajstić information content (AvgIpc) is 3.38. The molecule has 0 N–H and O–H groups in total. The van der Waals surface area contributed by atoms with Gasteiger partial charge in [0, 0.05) is 37.7 Å². The van der Waals surface area contributed by atoms with Crippen molar-refractivity contribution < 1.29 is 42.8 Å². The molecular formula is C38H58O9. The molecule has 0 aromatic rings. The van der Waals surface area contributed by atoms with E-state index in [-0.39, 0.29) is 29.3 Å². The first kappa shape index (κ1) is 35.9. The Morgan fingerprint density at radius 3 is 2.36 bits per heavy atom. The van der Waals surface area contributed by atoms with Crippen molar-refractivity contribution in [2.24, 2.45) is 40.4 Å². The van der Waals surface area contributed by atoms with Crippen molar-refractivity contribution >= 4 is 18.1 Å². The van der Waals surface area contributed by atoms with Crippen LogP contribution in [0, 0.1) is 40.4 Å². The first-order valence-corrected chi connectivity index (χ1v) is 17.9. The van der Waals surface area contributed by atoms with Crippen molar-refractivity contribution in [3.8, 4) is 0 Å². The number of hydrogen-bond donors (Lipinski definition) is 0. The molecule has 0 spiro atoms.